The first-order valence-electron chi connectivity index (χ1n) is 11.2. The van der Waals surface area contributed by atoms with Crippen LogP contribution in [0.4, 0.5) is 0 Å². The standard InChI is InChI=1S/C24H25N5O5/c30-9-8-25-10-15-4-6-21-26-16(12-28(21)11-15)14-34-20-3-1-2-17-18(20)13-29(24(17)33)19-5-7-22(31)27-23(19)32/h1-4,6,11-12,19,25,30H,5,7-10,13-14H2,(H,27,31,32). The zero-order valence-corrected chi connectivity index (χ0v) is 18.5. The fraction of sp³-hybridized carbons (Fsp3) is 0.333. The monoisotopic (exact) mass is 463 g/mol. The van der Waals surface area contributed by atoms with Gasteiger partial charge in [0.25, 0.3) is 5.91 Å². The minimum atomic E-state index is -0.662. The number of carbonyl (C=O) groups is 3. The molecule has 34 heavy (non-hydrogen) atoms. The van der Waals surface area contributed by atoms with Gasteiger partial charge >= 0.3 is 0 Å². The minimum Gasteiger partial charge on any atom is -0.487 e. The molecule has 3 aromatic rings. The molecule has 0 spiro atoms. The summed E-state index contributed by atoms with van der Waals surface area (Å²) in [6.45, 7) is 1.75. The molecular formula is C24H25N5O5. The third-order valence-electron chi connectivity index (χ3n) is 6.09. The van der Waals surface area contributed by atoms with Crippen LogP contribution in [0.15, 0.2) is 42.7 Å². The maximum atomic E-state index is 13.0. The SMILES string of the molecule is O=C1CCC(N2Cc3c(OCc4cn5cc(CNCCO)ccc5n4)cccc3C2=O)C(=O)N1. The molecule has 176 valence electrons. The van der Waals surface area contributed by atoms with Gasteiger partial charge < -0.3 is 24.5 Å². The molecule has 1 atom stereocenters. The lowest BCUT2D eigenvalue weighted by molar-refractivity contribution is -0.136. The van der Waals surface area contributed by atoms with Crippen molar-refractivity contribution in [2.75, 3.05) is 13.2 Å². The normalized spacial score (nSPS) is 17.9. The summed E-state index contributed by atoms with van der Waals surface area (Å²) in [4.78, 5) is 42.8. The quantitative estimate of drug-likeness (QED) is 0.333. The number of benzene rings is 1. The molecule has 0 saturated carbocycles. The highest BCUT2D eigenvalue weighted by molar-refractivity contribution is 6.05. The molecule has 0 radical (unpaired) electrons. The molecular weight excluding hydrogens is 438 g/mol. The molecule has 3 amide bonds. The highest BCUT2D eigenvalue weighted by Gasteiger charge is 2.40. The largest absolute Gasteiger partial charge is 0.487 e. The summed E-state index contributed by atoms with van der Waals surface area (Å²) in [6, 6.07) is 8.54. The summed E-state index contributed by atoms with van der Waals surface area (Å²) in [7, 11) is 0. The van der Waals surface area contributed by atoms with Crippen molar-refractivity contribution >= 4 is 23.4 Å². The van der Waals surface area contributed by atoms with E-state index in [1.54, 1.807) is 18.2 Å². The lowest BCUT2D eigenvalue weighted by atomic mass is 10.0. The first-order valence-corrected chi connectivity index (χ1v) is 11.2. The van der Waals surface area contributed by atoms with Gasteiger partial charge in [0.1, 0.15) is 24.0 Å². The number of nitrogens with zero attached hydrogens (tertiary/aromatic N) is 3. The predicted octanol–water partition coefficient (Wildman–Crippen LogP) is 0.756. The molecule has 0 bridgehead atoms. The Morgan fingerprint density at radius 3 is 2.88 bits per heavy atom. The summed E-state index contributed by atoms with van der Waals surface area (Å²) in [6.07, 6.45) is 4.41. The summed E-state index contributed by atoms with van der Waals surface area (Å²) in [5.74, 6) is -0.400. The number of aliphatic hydroxyl groups is 1. The van der Waals surface area contributed by atoms with E-state index in [9.17, 15) is 14.4 Å². The number of hydrogen-bond acceptors (Lipinski definition) is 7. The number of aromatic nitrogens is 2. The number of imidazole rings is 1. The zero-order valence-electron chi connectivity index (χ0n) is 18.5. The molecule has 1 unspecified atom stereocenters. The Kier molecular flexibility index (Phi) is 5.99. The Hall–Kier alpha value is -3.76. The van der Waals surface area contributed by atoms with Gasteiger partial charge in [0.15, 0.2) is 0 Å². The molecule has 0 aliphatic carbocycles. The number of carbonyl (C=O) groups excluding carboxylic acids is 3. The van der Waals surface area contributed by atoms with Gasteiger partial charge in [0, 0.05) is 43.0 Å². The van der Waals surface area contributed by atoms with E-state index in [1.807, 2.05) is 28.9 Å². The Bertz CT molecular complexity index is 1270. The molecule has 5 rings (SSSR count). The average molecular weight is 463 g/mol. The minimum absolute atomic E-state index is 0.0921. The number of nitrogens with one attached hydrogen (secondary N) is 2. The van der Waals surface area contributed by atoms with E-state index < -0.39 is 11.9 Å². The maximum absolute atomic E-state index is 13.0. The molecule has 4 heterocycles. The summed E-state index contributed by atoms with van der Waals surface area (Å²) in [5, 5.41) is 14.4. The molecule has 1 fully saturated rings. The van der Waals surface area contributed by atoms with Gasteiger partial charge in [-0.05, 0) is 30.2 Å². The summed E-state index contributed by atoms with van der Waals surface area (Å²) < 4.78 is 7.98. The second-order valence-electron chi connectivity index (χ2n) is 8.41. The lowest BCUT2D eigenvalue weighted by Gasteiger charge is -2.29. The lowest BCUT2D eigenvalue weighted by Crippen LogP contribution is -2.52. The third-order valence-corrected chi connectivity index (χ3v) is 6.09. The molecule has 2 aliphatic heterocycles. The highest BCUT2D eigenvalue weighted by atomic mass is 16.5. The predicted molar refractivity (Wildman–Crippen MR) is 121 cm³/mol. The van der Waals surface area contributed by atoms with Crippen molar-refractivity contribution in [3.8, 4) is 5.75 Å². The third kappa shape index (κ3) is 4.25. The second-order valence-corrected chi connectivity index (χ2v) is 8.41. The number of ether oxygens (including phenoxy) is 1. The number of piperidine rings is 1. The Labute approximate surface area is 195 Å². The Morgan fingerprint density at radius 2 is 2.06 bits per heavy atom. The van der Waals surface area contributed by atoms with Gasteiger partial charge in [-0.15, -0.1) is 0 Å². The topological polar surface area (TPSA) is 125 Å². The number of rotatable bonds is 8. The van der Waals surface area contributed by atoms with Gasteiger partial charge in [-0.3, -0.25) is 19.7 Å². The van der Waals surface area contributed by atoms with Crippen LogP contribution < -0.4 is 15.4 Å². The van der Waals surface area contributed by atoms with Gasteiger partial charge in [0.2, 0.25) is 11.8 Å². The zero-order chi connectivity index (χ0) is 23.7. The van der Waals surface area contributed by atoms with E-state index in [0.29, 0.717) is 30.8 Å². The van der Waals surface area contributed by atoms with E-state index in [0.717, 1.165) is 22.5 Å². The van der Waals surface area contributed by atoms with Crippen LogP contribution in [0.2, 0.25) is 0 Å². The van der Waals surface area contributed by atoms with E-state index in [4.69, 9.17) is 9.84 Å². The Morgan fingerprint density at radius 1 is 1.18 bits per heavy atom. The van der Waals surface area contributed by atoms with Gasteiger partial charge in [0.05, 0.1) is 18.8 Å². The molecule has 10 nitrogen and oxygen atoms in total. The van der Waals surface area contributed by atoms with Gasteiger partial charge in [-0.25, -0.2) is 4.98 Å². The highest BCUT2D eigenvalue weighted by Crippen LogP contribution is 2.33. The van der Waals surface area contributed by atoms with Crippen LogP contribution in [-0.4, -0.2) is 56.3 Å². The van der Waals surface area contributed by atoms with Crippen LogP contribution in [0.1, 0.15) is 40.0 Å². The number of pyridine rings is 1. The van der Waals surface area contributed by atoms with E-state index in [1.165, 1.54) is 4.90 Å². The van der Waals surface area contributed by atoms with Crippen molar-refractivity contribution in [2.45, 2.75) is 38.6 Å². The molecule has 1 aromatic carbocycles. The van der Waals surface area contributed by atoms with Crippen LogP contribution in [0.25, 0.3) is 5.65 Å². The number of fused-ring (bicyclic) bond motifs is 2. The first kappa shape index (κ1) is 22.1. The molecule has 3 N–H and O–H groups in total. The van der Waals surface area contributed by atoms with Crippen LogP contribution >= 0.6 is 0 Å². The van der Waals surface area contributed by atoms with Gasteiger partial charge in [-0.2, -0.15) is 0 Å². The number of amides is 3. The summed E-state index contributed by atoms with van der Waals surface area (Å²) >= 11 is 0. The van der Waals surface area contributed by atoms with Crippen molar-refractivity contribution in [3.05, 3.63) is 65.1 Å². The van der Waals surface area contributed by atoms with Gasteiger partial charge in [-0.1, -0.05) is 12.1 Å². The van der Waals surface area contributed by atoms with E-state index >= 15 is 0 Å². The number of hydrogen-bond donors (Lipinski definition) is 3. The molecule has 2 aliphatic rings. The smallest absolute Gasteiger partial charge is 0.255 e. The van der Waals surface area contributed by atoms with Crippen molar-refractivity contribution in [1.82, 2.24) is 24.9 Å². The van der Waals surface area contributed by atoms with E-state index in [-0.39, 0.29) is 38.0 Å². The fourth-order valence-electron chi connectivity index (χ4n) is 4.42. The number of aliphatic hydroxyl groups excluding tert-OH is 1. The van der Waals surface area contributed by atoms with Crippen LogP contribution in [0, 0.1) is 0 Å². The van der Waals surface area contributed by atoms with Crippen molar-refractivity contribution in [1.29, 1.82) is 0 Å². The number of imide groups is 1. The molecule has 2 aromatic heterocycles. The molecule has 10 heteroatoms. The van der Waals surface area contributed by atoms with E-state index in [2.05, 4.69) is 15.6 Å². The van der Waals surface area contributed by atoms with Crippen molar-refractivity contribution < 1.29 is 24.2 Å². The fourth-order valence-corrected chi connectivity index (χ4v) is 4.42. The van der Waals surface area contributed by atoms with Crippen LogP contribution in [-0.2, 0) is 29.3 Å². The van der Waals surface area contributed by atoms with Crippen molar-refractivity contribution in [3.63, 3.8) is 0 Å². The first-order chi connectivity index (χ1) is 16.5. The van der Waals surface area contributed by atoms with Crippen LogP contribution in [0.5, 0.6) is 5.75 Å². The average Bonchev–Trinajstić information content (AvgIpc) is 3.38. The second kappa shape index (κ2) is 9.24. The summed E-state index contributed by atoms with van der Waals surface area (Å²) in [5.41, 5.74) is 3.85. The molecule has 1 saturated heterocycles. The maximum Gasteiger partial charge on any atom is 0.255 e. The Balaban J connectivity index is 1.29. The van der Waals surface area contributed by atoms with Crippen LogP contribution in [0.3, 0.4) is 0 Å². The van der Waals surface area contributed by atoms with Crippen molar-refractivity contribution in [2.24, 2.45) is 0 Å².